The maximum absolute atomic E-state index is 5.87. The Morgan fingerprint density at radius 1 is 1.25 bits per heavy atom. The van der Waals surface area contributed by atoms with Gasteiger partial charge in [0.25, 0.3) is 0 Å². The zero-order valence-corrected chi connectivity index (χ0v) is 10.4. The summed E-state index contributed by atoms with van der Waals surface area (Å²) in [6.07, 6.45) is 1.77. The van der Waals surface area contributed by atoms with E-state index in [4.69, 9.17) is 5.14 Å². The highest BCUT2D eigenvalue weighted by Crippen LogP contribution is 2.26. The van der Waals surface area contributed by atoms with Crippen LogP contribution >= 0.6 is 20.7 Å². The molecule has 0 aliphatic carbocycles. The first-order valence-electron chi connectivity index (χ1n) is 4.59. The first kappa shape index (κ1) is 11.2. The topological polar surface area (TPSA) is 50.9 Å². The van der Waals surface area contributed by atoms with Gasteiger partial charge in [0.2, 0.25) is 0 Å². The summed E-state index contributed by atoms with van der Waals surface area (Å²) in [6.45, 7) is 0. The van der Waals surface area contributed by atoms with Crippen LogP contribution in [-0.4, -0.2) is 16.7 Å². The van der Waals surface area contributed by atoms with Gasteiger partial charge in [-0.15, -0.1) is 20.7 Å². The zero-order valence-electron chi connectivity index (χ0n) is 8.72. The van der Waals surface area contributed by atoms with E-state index in [1.165, 1.54) is 0 Å². The van der Waals surface area contributed by atoms with E-state index in [9.17, 15) is 0 Å². The average Bonchev–Trinajstić information content (AvgIpc) is 2.70. The molecule has 0 spiro atoms. The Kier molecular flexibility index (Phi) is 3.00. The van der Waals surface area contributed by atoms with Crippen molar-refractivity contribution >= 4 is 43.3 Å². The average molecular weight is 251 g/mol. The maximum atomic E-state index is 5.87. The van der Waals surface area contributed by atoms with E-state index in [0.29, 0.717) is 0 Å². The van der Waals surface area contributed by atoms with Gasteiger partial charge in [0.1, 0.15) is 0 Å². The Bertz CT molecular complexity index is 554. The van der Waals surface area contributed by atoms with Gasteiger partial charge in [-0.25, -0.2) is 4.98 Å². The molecule has 0 radical (unpaired) electrons. The minimum atomic E-state index is -1.62. The molecule has 84 valence electrons. The monoisotopic (exact) mass is 251 g/mol. The van der Waals surface area contributed by atoms with Gasteiger partial charge in [-0.05, 0) is 24.3 Å². The molecule has 0 amide bonds. The fraction of sp³-hybridized carbons (Fsp3) is 0. The quantitative estimate of drug-likeness (QED) is 0.825. The Morgan fingerprint density at radius 3 is 2.44 bits per heavy atom. The van der Waals surface area contributed by atoms with Gasteiger partial charge in [0.15, 0.2) is 5.13 Å². The molecule has 0 saturated carbocycles. The normalized spacial score (nSPS) is 11.3. The first-order chi connectivity index (χ1) is 7.55. The van der Waals surface area contributed by atoms with Crippen molar-refractivity contribution in [3.8, 4) is 0 Å². The van der Waals surface area contributed by atoms with Crippen LogP contribution < -0.4 is 10.5 Å². The molecule has 3 nitrogen and oxygen atoms in total. The molecule has 16 heavy (non-hydrogen) atoms. The summed E-state index contributed by atoms with van der Waals surface area (Å²) in [5.41, 5.74) is 0.988. The summed E-state index contributed by atoms with van der Waals surface area (Å²) in [7, 11) is -1.62. The molecule has 0 aliphatic heterocycles. The molecule has 0 aliphatic rings. The van der Waals surface area contributed by atoms with Crippen molar-refractivity contribution in [3.05, 3.63) is 35.8 Å². The molecule has 2 rings (SSSR count). The van der Waals surface area contributed by atoms with Crippen LogP contribution in [0.4, 0.5) is 10.8 Å². The van der Waals surface area contributed by atoms with E-state index in [0.717, 1.165) is 15.7 Å². The van der Waals surface area contributed by atoms with Crippen LogP contribution in [0.5, 0.6) is 0 Å². The minimum absolute atomic E-state index is 0.878. The van der Waals surface area contributed by atoms with Gasteiger partial charge in [-0.2, -0.15) is 0 Å². The van der Waals surface area contributed by atoms with Crippen molar-refractivity contribution in [2.24, 2.45) is 5.14 Å². The highest BCUT2D eigenvalue weighted by molar-refractivity contribution is 8.26. The highest BCUT2D eigenvalue weighted by Gasteiger charge is 1.98. The number of nitrogens with one attached hydrogen (secondary N) is 1. The minimum Gasteiger partial charge on any atom is -0.332 e. The third kappa shape index (κ3) is 2.63. The van der Waals surface area contributed by atoms with Gasteiger partial charge in [0, 0.05) is 22.2 Å². The lowest BCUT2D eigenvalue weighted by atomic mass is 10.3. The largest absolute Gasteiger partial charge is 0.332 e. The third-order valence-corrected chi connectivity index (χ3v) is 3.91. The van der Waals surface area contributed by atoms with Crippen LogP contribution in [0.1, 0.15) is 0 Å². The molecule has 0 bridgehead atoms. The van der Waals surface area contributed by atoms with Crippen LogP contribution in [-0.2, 0) is 0 Å². The van der Waals surface area contributed by atoms with Crippen molar-refractivity contribution in [3.63, 3.8) is 0 Å². The Hall–Kier alpha value is -1.30. The third-order valence-electron chi connectivity index (χ3n) is 2.01. The second-order valence-corrected chi connectivity index (χ2v) is 6.68. The number of nitrogens with zero attached hydrogens (tertiary/aromatic N) is 1. The van der Waals surface area contributed by atoms with Crippen molar-refractivity contribution in [2.75, 3.05) is 5.32 Å². The van der Waals surface area contributed by atoms with Gasteiger partial charge < -0.3 is 5.32 Å². The summed E-state index contributed by atoms with van der Waals surface area (Å²) in [5, 5.41) is 11.9. The lowest BCUT2D eigenvalue weighted by Crippen LogP contribution is -1.93. The van der Waals surface area contributed by atoms with Gasteiger partial charge in [-0.3, -0.25) is 5.14 Å². The predicted octanol–water partition coefficient (Wildman–Crippen LogP) is 2.79. The lowest BCUT2D eigenvalue weighted by Gasteiger charge is -2.09. The van der Waals surface area contributed by atoms with E-state index in [-0.39, 0.29) is 0 Å². The Balaban J connectivity index is 2.20. The molecule has 1 heterocycles. The van der Waals surface area contributed by atoms with Crippen LogP contribution in [0, 0.1) is 0 Å². The smallest absolute Gasteiger partial charge is 0.187 e. The molecule has 3 N–H and O–H groups in total. The predicted molar refractivity (Wildman–Crippen MR) is 76.1 cm³/mol. The van der Waals surface area contributed by atoms with E-state index in [1.807, 2.05) is 29.6 Å². The molecule has 1 aromatic heterocycles. The summed E-state index contributed by atoms with van der Waals surface area (Å²) < 4.78 is 0. The molecule has 0 atom stereocenters. The first-order valence-corrected chi connectivity index (χ1v) is 7.51. The summed E-state index contributed by atoms with van der Waals surface area (Å²) >= 11 is 1.56. The van der Waals surface area contributed by atoms with Gasteiger partial charge in [-0.1, -0.05) is 11.7 Å². The Morgan fingerprint density at radius 2 is 1.94 bits per heavy atom. The van der Waals surface area contributed by atoms with E-state index < -0.39 is 9.39 Å². The van der Waals surface area contributed by atoms with Gasteiger partial charge >= 0.3 is 0 Å². The van der Waals surface area contributed by atoms with E-state index in [1.54, 1.807) is 17.5 Å². The molecule has 0 saturated heterocycles. The van der Waals surface area contributed by atoms with Crippen molar-refractivity contribution in [1.82, 2.24) is 4.98 Å². The molecule has 1 aromatic carbocycles. The lowest BCUT2D eigenvalue weighted by molar-refractivity contribution is 1.38. The van der Waals surface area contributed by atoms with E-state index >= 15 is 0 Å². The second kappa shape index (κ2) is 4.29. The fourth-order valence-corrected chi connectivity index (χ4v) is 2.45. The van der Waals surface area contributed by atoms with E-state index in [2.05, 4.69) is 22.0 Å². The SMILES string of the molecule is C=S(=C)(N)c1ccc(Nc2nccs2)cc1. The number of aromatic nitrogens is 1. The number of benzene rings is 1. The van der Waals surface area contributed by atoms with Gasteiger partial charge in [0.05, 0.1) is 0 Å². The summed E-state index contributed by atoms with van der Waals surface area (Å²) in [5.74, 6) is 7.73. The molecule has 0 unspecified atom stereocenters. The zero-order chi connectivity index (χ0) is 11.6. The number of nitrogens with two attached hydrogens (primary N) is 1. The molecule has 0 fully saturated rings. The van der Waals surface area contributed by atoms with Crippen LogP contribution in [0.3, 0.4) is 0 Å². The molecule has 2 aromatic rings. The molecular formula is C11H13N3S2. The summed E-state index contributed by atoms with van der Waals surface area (Å²) in [6, 6.07) is 7.82. The van der Waals surface area contributed by atoms with Crippen molar-refractivity contribution < 1.29 is 0 Å². The molecular weight excluding hydrogens is 238 g/mol. The van der Waals surface area contributed by atoms with Crippen molar-refractivity contribution in [2.45, 2.75) is 4.90 Å². The number of hydrogen-bond donors (Lipinski definition) is 2. The van der Waals surface area contributed by atoms with Crippen molar-refractivity contribution in [1.29, 1.82) is 0 Å². The van der Waals surface area contributed by atoms with Crippen LogP contribution in [0.25, 0.3) is 0 Å². The number of hydrogen-bond acceptors (Lipinski definition) is 4. The number of rotatable bonds is 3. The second-order valence-electron chi connectivity index (χ2n) is 3.43. The Labute approximate surface area is 99.6 Å². The number of thiazole rings is 1. The maximum Gasteiger partial charge on any atom is 0.187 e. The highest BCUT2D eigenvalue weighted by atomic mass is 32.2. The van der Waals surface area contributed by atoms with Crippen LogP contribution in [0.15, 0.2) is 40.7 Å². The standard InChI is InChI=1S/C11H13N3S2/c1-16(2,12)10-5-3-9(4-6-10)14-11-13-7-8-15-11/h3-8H,1-2,12H2,(H,13,14). The number of anilines is 2. The van der Waals surface area contributed by atoms with Crippen LogP contribution in [0.2, 0.25) is 0 Å². The molecule has 5 heteroatoms. The summed E-state index contributed by atoms with van der Waals surface area (Å²) in [4.78, 5) is 5.13. The fourth-order valence-electron chi connectivity index (χ4n) is 1.22.